The number of para-hydroxylation sites is 1. The summed E-state index contributed by atoms with van der Waals surface area (Å²) in [5.41, 5.74) is 5.36. The first-order chi connectivity index (χ1) is 17.0. The summed E-state index contributed by atoms with van der Waals surface area (Å²) in [4.78, 5) is 27.0. The quantitative estimate of drug-likeness (QED) is 0.409. The molecule has 1 aliphatic rings. The molecule has 5 rings (SSSR count). The van der Waals surface area contributed by atoms with Crippen LogP contribution >= 0.6 is 0 Å². The lowest BCUT2D eigenvalue weighted by Crippen LogP contribution is -2.36. The lowest BCUT2D eigenvalue weighted by atomic mass is 10.1. The van der Waals surface area contributed by atoms with Gasteiger partial charge in [-0.05, 0) is 73.9 Å². The number of aliphatic carboxylic acids is 1. The fraction of sp³-hybridized carbons (Fsp3) is 0.241. The second kappa shape index (κ2) is 9.29. The highest BCUT2D eigenvalue weighted by atomic mass is 16.5. The van der Waals surface area contributed by atoms with Gasteiger partial charge in [0.25, 0.3) is 5.91 Å². The molecule has 3 aromatic carbocycles. The van der Waals surface area contributed by atoms with Crippen molar-refractivity contribution in [1.29, 1.82) is 0 Å². The maximum Gasteiger partial charge on any atom is 0.307 e. The Morgan fingerprint density at radius 3 is 2.54 bits per heavy atom. The van der Waals surface area contributed by atoms with E-state index in [1.165, 1.54) is 11.3 Å². The van der Waals surface area contributed by atoms with Gasteiger partial charge in [0, 0.05) is 28.9 Å². The molecule has 35 heavy (non-hydrogen) atoms. The third-order valence-corrected chi connectivity index (χ3v) is 6.75. The van der Waals surface area contributed by atoms with Crippen LogP contribution in [0.4, 0.5) is 5.69 Å². The predicted molar refractivity (Wildman–Crippen MR) is 137 cm³/mol. The Morgan fingerprint density at radius 1 is 1.03 bits per heavy atom. The molecule has 1 aromatic heterocycles. The number of carboxylic acid groups (broad SMARTS) is 1. The van der Waals surface area contributed by atoms with E-state index in [0.29, 0.717) is 23.3 Å². The van der Waals surface area contributed by atoms with Crippen molar-refractivity contribution in [3.8, 4) is 5.75 Å². The van der Waals surface area contributed by atoms with Crippen LogP contribution in [0.15, 0.2) is 72.8 Å². The minimum Gasteiger partial charge on any atom is -0.491 e. The van der Waals surface area contributed by atoms with Crippen molar-refractivity contribution in [2.24, 2.45) is 0 Å². The zero-order chi connectivity index (χ0) is 24.5. The molecule has 6 heteroatoms. The van der Waals surface area contributed by atoms with Crippen LogP contribution < -0.4 is 9.64 Å². The van der Waals surface area contributed by atoms with E-state index in [-0.39, 0.29) is 18.4 Å². The molecule has 0 amide bonds. The Bertz CT molecular complexity index is 1400. The molecule has 0 radical (unpaired) electrons. The average Bonchev–Trinajstić information content (AvgIpc) is 3.39. The van der Waals surface area contributed by atoms with Crippen LogP contribution in [0, 0.1) is 6.92 Å². The van der Waals surface area contributed by atoms with Crippen LogP contribution in [0.2, 0.25) is 0 Å². The van der Waals surface area contributed by atoms with Gasteiger partial charge in [0.05, 0.1) is 18.0 Å². The van der Waals surface area contributed by atoms with Crippen molar-refractivity contribution in [2.45, 2.75) is 32.7 Å². The zero-order valence-electron chi connectivity index (χ0n) is 19.9. The largest absolute Gasteiger partial charge is 0.491 e. The first kappa shape index (κ1) is 22.7. The average molecular weight is 469 g/mol. The summed E-state index contributed by atoms with van der Waals surface area (Å²) in [6, 6.07) is 23.3. The van der Waals surface area contributed by atoms with Crippen LogP contribution in [0.25, 0.3) is 10.9 Å². The lowest BCUT2D eigenvalue weighted by Gasteiger charge is -2.26. The molecule has 0 spiro atoms. The highest BCUT2D eigenvalue weighted by molar-refractivity contribution is 6.04. The molecule has 1 N–H and O–H groups in total. The second-order valence-corrected chi connectivity index (χ2v) is 8.95. The van der Waals surface area contributed by atoms with Crippen LogP contribution in [0.5, 0.6) is 5.75 Å². The number of aromatic nitrogens is 1. The number of carboxylic acids is 1. The van der Waals surface area contributed by atoms with Gasteiger partial charge in [0.2, 0.25) is 0 Å². The Hall–Kier alpha value is -4.06. The van der Waals surface area contributed by atoms with Crippen molar-refractivity contribution in [2.75, 3.05) is 18.1 Å². The number of hydrogen-bond donors (Lipinski definition) is 1. The van der Waals surface area contributed by atoms with Crippen molar-refractivity contribution in [3.05, 3.63) is 95.2 Å². The molecule has 0 aliphatic carbocycles. The van der Waals surface area contributed by atoms with Crippen LogP contribution in [-0.2, 0) is 17.6 Å². The van der Waals surface area contributed by atoms with Gasteiger partial charge in [0.1, 0.15) is 12.4 Å². The van der Waals surface area contributed by atoms with Crippen molar-refractivity contribution in [3.63, 3.8) is 0 Å². The maximum atomic E-state index is 13.4. The molecule has 0 fully saturated rings. The van der Waals surface area contributed by atoms with Crippen molar-refractivity contribution >= 4 is 28.5 Å². The topological polar surface area (TPSA) is 71.8 Å². The molecule has 6 nitrogen and oxygen atoms in total. The number of aryl methyl sites for hydroxylation is 1. The third-order valence-electron chi connectivity index (χ3n) is 6.75. The number of likely N-dealkylation sites (N-methyl/N-ethyl adjacent to an activating group) is 1. The highest BCUT2D eigenvalue weighted by Gasteiger charge is 2.28. The first-order valence-electron chi connectivity index (χ1n) is 11.9. The summed E-state index contributed by atoms with van der Waals surface area (Å²) >= 11 is 0. The molecule has 178 valence electrons. The lowest BCUT2D eigenvalue weighted by molar-refractivity contribution is -0.136. The molecule has 0 saturated heterocycles. The normalized spacial score (nSPS) is 14.8. The van der Waals surface area contributed by atoms with Crippen LogP contribution in [-0.4, -0.2) is 40.7 Å². The fourth-order valence-electron chi connectivity index (χ4n) is 5.13. The number of carbonyl (C=O) groups is 2. The summed E-state index contributed by atoms with van der Waals surface area (Å²) < 4.78 is 7.75. The fourth-order valence-corrected chi connectivity index (χ4v) is 5.13. The molecule has 1 unspecified atom stereocenters. The van der Waals surface area contributed by atoms with Gasteiger partial charge in [-0.3, -0.25) is 14.2 Å². The summed E-state index contributed by atoms with van der Waals surface area (Å²) in [7, 11) is 0. The SMILES string of the molecule is CCN1c2ccccc2CC1COc1ccc(C(=O)n2c(C)cc3c(CC(=O)O)cccc32)cc1. The molecule has 2 heterocycles. The molecule has 1 atom stereocenters. The van der Waals surface area contributed by atoms with Gasteiger partial charge in [-0.25, -0.2) is 0 Å². The van der Waals surface area contributed by atoms with E-state index in [2.05, 4.69) is 36.1 Å². The smallest absolute Gasteiger partial charge is 0.307 e. The van der Waals surface area contributed by atoms with Crippen LogP contribution in [0.3, 0.4) is 0 Å². The molecule has 1 aliphatic heterocycles. The van der Waals surface area contributed by atoms with Crippen molar-refractivity contribution < 1.29 is 19.4 Å². The molecule has 0 saturated carbocycles. The maximum absolute atomic E-state index is 13.4. The number of fused-ring (bicyclic) bond motifs is 2. The van der Waals surface area contributed by atoms with E-state index in [1.54, 1.807) is 28.8 Å². The van der Waals surface area contributed by atoms with Gasteiger partial charge in [0.15, 0.2) is 0 Å². The third kappa shape index (κ3) is 4.28. The number of anilines is 1. The standard InChI is InChI=1S/C29H28N2O4/c1-3-30-23(16-22-7-4-5-9-26(22)30)18-35-24-13-11-20(12-14-24)29(34)31-19(2)15-25-21(17-28(32)33)8-6-10-27(25)31/h4-15,23H,3,16-18H2,1-2H3,(H,32,33). The first-order valence-corrected chi connectivity index (χ1v) is 11.9. The van der Waals surface area contributed by atoms with Gasteiger partial charge >= 0.3 is 5.97 Å². The number of nitrogens with zero attached hydrogens (tertiary/aromatic N) is 2. The molecule has 0 bridgehead atoms. The van der Waals surface area contributed by atoms with Gasteiger partial charge in [-0.2, -0.15) is 0 Å². The van der Waals surface area contributed by atoms with Gasteiger partial charge in [-0.1, -0.05) is 30.3 Å². The van der Waals surface area contributed by atoms with Crippen molar-refractivity contribution in [1.82, 2.24) is 4.57 Å². The number of ether oxygens (including phenoxy) is 1. The zero-order valence-corrected chi connectivity index (χ0v) is 19.9. The number of rotatable bonds is 7. The number of carbonyl (C=O) groups excluding carboxylic acids is 1. The number of benzene rings is 3. The Balaban J connectivity index is 1.31. The van der Waals surface area contributed by atoms with Gasteiger partial charge < -0.3 is 14.7 Å². The van der Waals surface area contributed by atoms with E-state index in [0.717, 1.165) is 29.8 Å². The minimum absolute atomic E-state index is 0.0808. The Kier molecular flexibility index (Phi) is 6.03. The van der Waals surface area contributed by atoms with Gasteiger partial charge in [-0.15, -0.1) is 0 Å². The van der Waals surface area contributed by atoms with Crippen LogP contribution in [0.1, 0.15) is 34.1 Å². The Labute approximate surface area is 204 Å². The molecular weight excluding hydrogens is 440 g/mol. The summed E-state index contributed by atoms with van der Waals surface area (Å²) in [6.07, 6.45) is 0.882. The van der Waals surface area contributed by atoms with E-state index < -0.39 is 5.97 Å². The molecular formula is C29H28N2O4. The van der Waals surface area contributed by atoms with E-state index in [1.807, 2.05) is 31.2 Å². The van der Waals surface area contributed by atoms with E-state index >= 15 is 0 Å². The summed E-state index contributed by atoms with van der Waals surface area (Å²) in [5.74, 6) is -0.320. The predicted octanol–water partition coefficient (Wildman–Crippen LogP) is 5.10. The van der Waals surface area contributed by atoms with E-state index in [9.17, 15) is 14.7 Å². The van der Waals surface area contributed by atoms with E-state index in [4.69, 9.17) is 4.74 Å². The summed E-state index contributed by atoms with van der Waals surface area (Å²) in [6.45, 7) is 5.52. The monoisotopic (exact) mass is 468 g/mol. The highest BCUT2D eigenvalue weighted by Crippen LogP contribution is 2.32. The second-order valence-electron chi connectivity index (χ2n) is 8.95. The Morgan fingerprint density at radius 2 is 1.80 bits per heavy atom. The summed E-state index contributed by atoms with van der Waals surface area (Å²) in [5, 5.41) is 10.0. The molecule has 4 aromatic rings. The number of hydrogen-bond acceptors (Lipinski definition) is 4. The minimum atomic E-state index is -0.895.